The van der Waals surface area contributed by atoms with E-state index in [1.807, 2.05) is 13.2 Å². The number of aromatic nitrogens is 2. The van der Waals surface area contributed by atoms with Crippen molar-refractivity contribution in [3.63, 3.8) is 0 Å². The quantitative estimate of drug-likeness (QED) is 0.721. The average molecular weight is 243 g/mol. The lowest BCUT2D eigenvalue weighted by atomic mass is 10.1. The van der Waals surface area contributed by atoms with Gasteiger partial charge in [-0.25, -0.2) is 4.98 Å². The minimum absolute atomic E-state index is 0.946. The van der Waals surface area contributed by atoms with Crippen LogP contribution >= 0.6 is 11.3 Å². The van der Waals surface area contributed by atoms with E-state index in [2.05, 4.69) is 45.8 Å². The van der Waals surface area contributed by atoms with Crippen molar-refractivity contribution in [2.75, 3.05) is 12.4 Å². The molecule has 1 aromatic carbocycles. The number of hydrogen-bond donors (Lipinski definition) is 2. The van der Waals surface area contributed by atoms with Crippen LogP contribution in [-0.2, 0) is 0 Å². The highest BCUT2D eigenvalue weighted by molar-refractivity contribution is 7.14. The molecule has 3 rings (SSSR count). The molecule has 2 aromatic heterocycles. The molecule has 2 heterocycles. The molecule has 0 unspecified atom stereocenters. The molecule has 0 radical (unpaired) electrons. The summed E-state index contributed by atoms with van der Waals surface area (Å²) in [5, 5.41) is 7.33. The molecule has 0 saturated heterocycles. The number of thiazole rings is 1. The lowest BCUT2D eigenvalue weighted by molar-refractivity contribution is 1.36. The third kappa shape index (κ3) is 1.70. The van der Waals surface area contributed by atoms with Crippen molar-refractivity contribution in [3.05, 3.63) is 35.3 Å². The number of rotatable bonds is 2. The monoisotopic (exact) mass is 243 g/mol. The van der Waals surface area contributed by atoms with Gasteiger partial charge in [-0.2, -0.15) is 0 Å². The van der Waals surface area contributed by atoms with E-state index in [9.17, 15) is 0 Å². The van der Waals surface area contributed by atoms with E-state index in [1.54, 1.807) is 11.3 Å². The van der Waals surface area contributed by atoms with Crippen LogP contribution in [0.4, 0.5) is 5.13 Å². The third-order valence-corrected chi connectivity index (χ3v) is 3.69. The number of benzene rings is 1. The van der Waals surface area contributed by atoms with Gasteiger partial charge in [-0.3, -0.25) is 0 Å². The summed E-state index contributed by atoms with van der Waals surface area (Å²) in [4.78, 5) is 7.82. The molecule has 0 spiro atoms. The maximum absolute atomic E-state index is 4.54. The van der Waals surface area contributed by atoms with Crippen molar-refractivity contribution in [2.24, 2.45) is 0 Å². The Bertz CT molecular complexity index is 666. The zero-order valence-corrected chi connectivity index (χ0v) is 10.6. The third-order valence-electron chi connectivity index (χ3n) is 2.83. The minimum Gasteiger partial charge on any atom is -0.365 e. The molecule has 3 aromatic rings. The van der Waals surface area contributed by atoms with Gasteiger partial charge in [-0.15, -0.1) is 11.3 Å². The second-order valence-corrected chi connectivity index (χ2v) is 4.90. The SMILES string of the molecule is CNc1nc(-c2c[nH]c3ccc(C)cc23)cs1. The molecule has 0 amide bonds. The zero-order chi connectivity index (χ0) is 11.8. The summed E-state index contributed by atoms with van der Waals surface area (Å²) in [5.74, 6) is 0. The summed E-state index contributed by atoms with van der Waals surface area (Å²) >= 11 is 1.62. The van der Waals surface area contributed by atoms with Crippen LogP contribution in [0.15, 0.2) is 29.8 Å². The molecule has 0 aliphatic heterocycles. The van der Waals surface area contributed by atoms with Gasteiger partial charge in [-0.1, -0.05) is 11.6 Å². The van der Waals surface area contributed by atoms with E-state index >= 15 is 0 Å². The second kappa shape index (κ2) is 3.89. The smallest absolute Gasteiger partial charge is 0.182 e. The summed E-state index contributed by atoms with van der Waals surface area (Å²) in [5.41, 5.74) is 4.62. The first-order chi connectivity index (χ1) is 8.28. The minimum atomic E-state index is 0.946. The van der Waals surface area contributed by atoms with Gasteiger partial charge in [0.25, 0.3) is 0 Å². The van der Waals surface area contributed by atoms with Gasteiger partial charge in [0.15, 0.2) is 5.13 Å². The van der Waals surface area contributed by atoms with Crippen LogP contribution in [-0.4, -0.2) is 17.0 Å². The van der Waals surface area contributed by atoms with Crippen molar-refractivity contribution >= 4 is 27.4 Å². The maximum Gasteiger partial charge on any atom is 0.182 e. The van der Waals surface area contributed by atoms with E-state index in [0.29, 0.717) is 0 Å². The number of hydrogen-bond acceptors (Lipinski definition) is 3. The van der Waals surface area contributed by atoms with Crippen molar-refractivity contribution in [1.82, 2.24) is 9.97 Å². The summed E-state index contributed by atoms with van der Waals surface area (Å²) < 4.78 is 0. The van der Waals surface area contributed by atoms with Gasteiger partial charge in [0, 0.05) is 35.1 Å². The Hall–Kier alpha value is -1.81. The van der Waals surface area contributed by atoms with Crippen molar-refractivity contribution in [3.8, 4) is 11.3 Å². The number of H-pyrrole nitrogens is 1. The predicted octanol–water partition coefficient (Wildman–Crippen LogP) is 3.64. The Kier molecular flexibility index (Phi) is 2.37. The molecule has 2 N–H and O–H groups in total. The van der Waals surface area contributed by atoms with Gasteiger partial charge in [0.2, 0.25) is 0 Å². The summed E-state index contributed by atoms with van der Waals surface area (Å²) in [6.07, 6.45) is 2.03. The molecule has 0 saturated carbocycles. The lowest BCUT2D eigenvalue weighted by Gasteiger charge is -1.96. The maximum atomic E-state index is 4.54. The number of anilines is 1. The number of nitrogens with zero attached hydrogens (tertiary/aromatic N) is 1. The molecular formula is C13H13N3S. The number of aryl methyl sites for hydroxylation is 1. The van der Waals surface area contributed by atoms with E-state index in [1.165, 1.54) is 16.5 Å². The van der Waals surface area contributed by atoms with Gasteiger partial charge in [0.05, 0.1) is 5.69 Å². The molecule has 0 fully saturated rings. The van der Waals surface area contributed by atoms with Crippen LogP contribution in [0.2, 0.25) is 0 Å². The van der Waals surface area contributed by atoms with E-state index in [-0.39, 0.29) is 0 Å². The van der Waals surface area contributed by atoms with Crippen molar-refractivity contribution in [1.29, 1.82) is 0 Å². The fourth-order valence-electron chi connectivity index (χ4n) is 1.96. The molecule has 0 aliphatic carbocycles. The summed E-state index contributed by atoms with van der Waals surface area (Å²) in [6.45, 7) is 2.11. The predicted molar refractivity (Wildman–Crippen MR) is 73.7 cm³/mol. The highest BCUT2D eigenvalue weighted by Crippen LogP contribution is 2.31. The van der Waals surface area contributed by atoms with E-state index in [4.69, 9.17) is 0 Å². The van der Waals surface area contributed by atoms with Crippen LogP contribution in [0, 0.1) is 6.92 Å². The lowest BCUT2D eigenvalue weighted by Crippen LogP contribution is -1.85. The summed E-state index contributed by atoms with van der Waals surface area (Å²) in [7, 11) is 1.89. The van der Waals surface area contributed by atoms with Crippen LogP contribution in [0.25, 0.3) is 22.2 Å². The Labute approximate surface area is 104 Å². The van der Waals surface area contributed by atoms with Gasteiger partial charge < -0.3 is 10.3 Å². The zero-order valence-electron chi connectivity index (χ0n) is 9.74. The second-order valence-electron chi connectivity index (χ2n) is 4.04. The first kappa shape index (κ1) is 10.4. The van der Waals surface area contributed by atoms with Crippen LogP contribution in [0.1, 0.15) is 5.56 Å². The highest BCUT2D eigenvalue weighted by atomic mass is 32.1. The average Bonchev–Trinajstić information content (AvgIpc) is 2.93. The fourth-order valence-corrected chi connectivity index (χ4v) is 2.63. The van der Waals surface area contributed by atoms with Crippen molar-refractivity contribution < 1.29 is 0 Å². The number of nitrogens with one attached hydrogen (secondary N) is 2. The Morgan fingerprint density at radius 3 is 3.00 bits per heavy atom. The van der Waals surface area contributed by atoms with Gasteiger partial charge >= 0.3 is 0 Å². The Morgan fingerprint density at radius 2 is 2.24 bits per heavy atom. The highest BCUT2D eigenvalue weighted by Gasteiger charge is 2.09. The molecule has 0 bridgehead atoms. The molecule has 0 aliphatic rings. The largest absolute Gasteiger partial charge is 0.365 e. The Balaban J connectivity index is 2.19. The molecule has 17 heavy (non-hydrogen) atoms. The normalized spacial score (nSPS) is 10.9. The van der Waals surface area contributed by atoms with Crippen LogP contribution < -0.4 is 5.32 Å². The number of aromatic amines is 1. The molecule has 4 heteroatoms. The molecule has 3 nitrogen and oxygen atoms in total. The van der Waals surface area contributed by atoms with Crippen LogP contribution in [0.5, 0.6) is 0 Å². The number of fused-ring (bicyclic) bond motifs is 1. The molecule has 0 atom stereocenters. The van der Waals surface area contributed by atoms with Crippen LogP contribution in [0.3, 0.4) is 0 Å². The first-order valence-corrected chi connectivity index (χ1v) is 6.37. The molecule has 86 valence electrons. The van der Waals surface area contributed by atoms with Gasteiger partial charge in [0.1, 0.15) is 0 Å². The van der Waals surface area contributed by atoms with E-state index < -0.39 is 0 Å². The van der Waals surface area contributed by atoms with Crippen molar-refractivity contribution in [2.45, 2.75) is 6.92 Å². The topological polar surface area (TPSA) is 40.7 Å². The summed E-state index contributed by atoms with van der Waals surface area (Å²) in [6, 6.07) is 6.42. The molecular weight excluding hydrogens is 230 g/mol. The Morgan fingerprint density at radius 1 is 1.35 bits per heavy atom. The first-order valence-electron chi connectivity index (χ1n) is 5.49. The fraction of sp³-hybridized carbons (Fsp3) is 0.154. The van der Waals surface area contributed by atoms with Gasteiger partial charge in [-0.05, 0) is 19.1 Å². The van der Waals surface area contributed by atoms with E-state index in [0.717, 1.165) is 16.3 Å². The standard InChI is InChI=1S/C13H13N3S/c1-8-3-4-11-9(5-8)10(6-15-11)12-7-17-13(14-2)16-12/h3-7,15H,1-2H3,(H,14,16).